The lowest BCUT2D eigenvalue weighted by atomic mass is 9.94. The number of methoxy groups -OCH3 is 1. The van der Waals surface area contributed by atoms with Crippen LogP contribution < -0.4 is 0 Å². The minimum atomic E-state index is -5.67. The van der Waals surface area contributed by atoms with E-state index in [0.29, 0.717) is 5.92 Å². The fraction of sp³-hybridized carbons (Fsp3) is 0.857. The van der Waals surface area contributed by atoms with Crippen LogP contribution in [0.3, 0.4) is 0 Å². The van der Waals surface area contributed by atoms with Crippen molar-refractivity contribution in [3.8, 4) is 0 Å². The second kappa shape index (κ2) is 6.60. The third kappa shape index (κ3) is 3.66. The quantitative estimate of drug-likeness (QED) is 0.399. The largest absolute Gasteiger partial charge is 0.428 e. The van der Waals surface area contributed by atoms with Crippen molar-refractivity contribution in [1.82, 2.24) is 0 Å². The summed E-state index contributed by atoms with van der Waals surface area (Å²) in [5.74, 6) is 0.478. The van der Waals surface area contributed by atoms with Gasteiger partial charge in [0.2, 0.25) is 0 Å². The summed E-state index contributed by atoms with van der Waals surface area (Å²) in [5, 5.41) is 0. The smallest absolute Gasteiger partial charge is 0.377 e. The normalized spacial score (nSPS) is 27.9. The van der Waals surface area contributed by atoms with E-state index in [1.807, 2.05) is 12.2 Å². The van der Waals surface area contributed by atoms with Gasteiger partial charge in [-0.25, -0.2) is 0 Å². The van der Waals surface area contributed by atoms with Crippen LogP contribution in [0.5, 0.6) is 0 Å². The van der Waals surface area contributed by atoms with Gasteiger partial charge in [-0.15, -0.1) is 0 Å². The van der Waals surface area contributed by atoms with Crippen LogP contribution in [0, 0.1) is 17.8 Å². The molecule has 2 bridgehead atoms. The van der Waals surface area contributed by atoms with Crippen molar-refractivity contribution in [1.29, 1.82) is 0 Å². The average molecular weight is 348 g/mol. The molecule has 3 atom stereocenters. The Morgan fingerprint density at radius 2 is 1.65 bits per heavy atom. The zero-order valence-electron chi connectivity index (χ0n) is 12.4. The lowest BCUT2D eigenvalue weighted by Gasteiger charge is -2.36. The summed E-state index contributed by atoms with van der Waals surface area (Å²) in [6.45, 7) is -2.93. The number of ether oxygens (including phenoxy) is 3. The van der Waals surface area contributed by atoms with Gasteiger partial charge in [0.15, 0.2) is 0 Å². The third-order valence-electron chi connectivity index (χ3n) is 4.39. The number of rotatable bonds is 7. The predicted octanol–water partition coefficient (Wildman–Crippen LogP) is 3.70. The van der Waals surface area contributed by atoms with E-state index in [-0.39, 0.29) is 18.4 Å². The van der Waals surface area contributed by atoms with E-state index in [9.17, 15) is 26.3 Å². The van der Waals surface area contributed by atoms with Gasteiger partial charge < -0.3 is 14.2 Å². The van der Waals surface area contributed by atoms with E-state index in [1.54, 1.807) is 0 Å². The molecule has 23 heavy (non-hydrogen) atoms. The number of hydrogen-bond donors (Lipinski definition) is 0. The predicted molar refractivity (Wildman–Crippen MR) is 67.5 cm³/mol. The first kappa shape index (κ1) is 18.5. The Balaban J connectivity index is 2.03. The molecule has 0 amide bonds. The highest BCUT2D eigenvalue weighted by atomic mass is 19.4. The Kier molecular flexibility index (Phi) is 5.32. The fourth-order valence-corrected chi connectivity index (χ4v) is 3.13. The highest BCUT2D eigenvalue weighted by Crippen LogP contribution is 2.47. The lowest BCUT2D eigenvalue weighted by molar-refractivity contribution is -0.401. The van der Waals surface area contributed by atoms with E-state index in [0.717, 1.165) is 20.0 Å². The first-order chi connectivity index (χ1) is 10.6. The van der Waals surface area contributed by atoms with Crippen LogP contribution in [0.25, 0.3) is 0 Å². The maximum atomic E-state index is 13.1. The van der Waals surface area contributed by atoms with Crippen LogP contribution in [-0.2, 0) is 14.2 Å². The van der Waals surface area contributed by atoms with Crippen molar-refractivity contribution >= 4 is 0 Å². The van der Waals surface area contributed by atoms with Crippen LogP contribution >= 0.6 is 0 Å². The van der Waals surface area contributed by atoms with E-state index in [2.05, 4.69) is 9.47 Å². The first-order valence-corrected chi connectivity index (χ1v) is 7.13. The maximum absolute atomic E-state index is 13.1. The van der Waals surface area contributed by atoms with Gasteiger partial charge in [-0.3, -0.25) is 0 Å². The summed E-state index contributed by atoms with van der Waals surface area (Å²) < 4.78 is 91.4. The summed E-state index contributed by atoms with van der Waals surface area (Å²) in [6, 6.07) is 0. The monoisotopic (exact) mass is 348 g/mol. The molecular weight excluding hydrogens is 330 g/mol. The van der Waals surface area contributed by atoms with Crippen LogP contribution in [0.15, 0.2) is 12.2 Å². The Bertz CT molecular complexity index is 417. The van der Waals surface area contributed by atoms with Gasteiger partial charge in [0.1, 0.15) is 6.79 Å². The molecular formula is C14H18F6O3. The van der Waals surface area contributed by atoms with Crippen molar-refractivity contribution in [2.24, 2.45) is 17.8 Å². The van der Waals surface area contributed by atoms with Crippen LogP contribution in [0.1, 0.15) is 12.8 Å². The van der Waals surface area contributed by atoms with Gasteiger partial charge in [-0.1, -0.05) is 12.2 Å². The topological polar surface area (TPSA) is 27.7 Å². The fourth-order valence-electron chi connectivity index (χ4n) is 3.13. The molecule has 2 aliphatic carbocycles. The number of alkyl halides is 6. The van der Waals surface area contributed by atoms with Gasteiger partial charge in [0, 0.05) is 7.11 Å². The van der Waals surface area contributed by atoms with Crippen LogP contribution in [0.2, 0.25) is 0 Å². The molecule has 0 heterocycles. The van der Waals surface area contributed by atoms with Crippen molar-refractivity contribution in [2.75, 3.05) is 27.1 Å². The molecule has 0 saturated heterocycles. The Morgan fingerprint density at radius 3 is 2.09 bits per heavy atom. The van der Waals surface area contributed by atoms with Crippen LogP contribution in [0.4, 0.5) is 26.3 Å². The molecule has 1 fully saturated rings. The van der Waals surface area contributed by atoms with Gasteiger partial charge in [0.25, 0.3) is 5.60 Å². The Hall–Kier alpha value is -0.800. The number of hydrogen-bond acceptors (Lipinski definition) is 3. The zero-order valence-corrected chi connectivity index (χ0v) is 12.4. The average Bonchev–Trinajstić information content (AvgIpc) is 3.02. The van der Waals surface area contributed by atoms with Gasteiger partial charge in [0.05, 0.1) is 13.2 Å². The number of halogens is 6. The van der Waals surface area contributed by atoms with Gasteiger partial charge in [-0.2, -0.15) is 26.3 Å². The molecule has 2 aliphatic rings. The third-order valence-corrected chi connectivity index (χ3v) is 4.39. The molecule has 0 aromatic rings. The first-order valence-electron chi connectivity index (χ1n) is 7.13. The molecule has 0 aliphatic heterocycles. The highest BCUT2D eigenvalue weighted by molar-refractivity contribution is 5.10. The molecule has 3 nitrogen and oxygen atoms in total. The van der Waals surface area contributed by atoms with Crippen LogP contribution in [-0.4, -0.2) is 45.1 Å². The second-order valence-corrected chi connectivity index (χ2v) is 5.93. The molecule has 3 unspecified atom stereocenters. The Labute approximate surface area is 129 Å². The van der Waals surface area contributed by atoms with Gasteiger partial charge >= 0.3 is 12.4 Å². The molecule has 0 aromatic heterocycles. The summed E-state index contributed by atoms with van der Waals surface area (Å²) in [7, 11) is 0.944. The Morgan fingerprint density at radius 1 is 1.00 bits per heavy atom. The van der Waals surface area contributed by atoms with E-state index < -0.39 is 31.4 Å². The molecule has 1 saturated carbocycles. The minimum absolute atomic E-state index is 0.0495. The van der Waals surface area contributed by atoms with Crippen molar-refractivity contribution in [3.63, 3.8) is 0 Å². The summed E-state index contributed by atoms with van der Waals surface area (Å²) in [5.41, 5.74) is -4.39. The molecule has 0 aromatic carbocycles. The van der Waals surface area contributed by atoms with E-state index in [1.165, 1.54) is 0 Å². The minimum Gasteiger partial charge on any atom is -0.377 e. The molecule has 0 spiro atoms. The van der Waals surface area contributed by atoms with Crippen molar-refractivity contribution in [2.45, 2.75) is 30.8 Å². The standard InChI is InChI=1S/C14H18F6O3/c1-21-8-23-12(13(15,16)17,14(18,19)20)7-22-6-11-5-9-2-3-10(11)4-9/h2-3,9-11H,4-8H2,1H3. The molecule has 134 valence electrons. The SMILES string of the molecule is COCOC(COCC1CC2C=CC1C2)(C(F)(F)F)C(F)(F)F. The van der Waals surface area contributed by atoms with E-state index in [4.69, 9.17) is 4.74 Å². The number of allylic oxidation sites excluding steroid dienone is 2. The van der Waals surface area contributed by atoms with Crippen molar-refractivity contribution < 1.29 is 40.6 Å². The molecule has 2 rings (SSSR count). The molecule has 9 heteroatoms. The maximum Gasteiger partial charge on any atom is 0.428 e. The molecule has 0 radical (unpaired) electrons. The highest BCUT2D eigenvalue weighted by Gasteiger charge is 2.72. The second-order valence-electron chi connectivity index (χ2n) is 5.93. The number of fused-ring (bicyclic) bond motifs is 2. The summed E-state index contributed by atoms with van der Waals surface area (Å²) in [4.78, 5) is 0. The lowest BCUT2D eigenvalue weighted by Crippen LogP contribution is -2.62. The molecule has 0 N–H and O–H groups in total. The summed E-state index contributed by atoms with van der Waals surface area (Å²) >= 11 is 0. The van der Waals surface area contributed by atoms with Crippen molar-refractivity contribution in [3.05, 3.63) is 12.2 Å². The van der Waals surface area contributed by atoms with E-state index >= 15 is 0 Å². The van der Waals surface area contributed by atoms with Gasteiger partial charge in [-0.05, 0) is 30.6 Å². The summed E-state index contributed by atoms with van der Waals surface area (Å²) in [6.07, 6.45) is -5.75. The zero-order chi connectivity index (χ0) is 17.3.